The molecule has 1 atom stereocenters. The largest absolute Gasteiger partial charge is 0.342 e. The summed E-state index contributed by atoms with van der Waals surface area (Å²) < 4.78 is 13.0. The van der Waals surface area contributed by atoms with E-state index < -0.39 is 0 Å². The smallest absolute Gasteiger partial charge is 0.227 e. The van der Waals surface area contributed by atoms with Crippen LogP contribution in [-0.2, 0) is 11.2 Å². The van der Waals surface area contributed by atoms with Gasteiger partial charge < -0.3 is 4.90 Å². The Hall–Kier alpha value is -2.56. The van der Waals surface area contributed by atoms with Crippen molar-refractivity contribution in [1.82, 2.24) is 9.88 Å². The van der Waals surface area contributed by atoms with Gasteiger partial charge in [-0.1, -0.05) is 0 Å². The number of ketones is 1. The van der Waals surface area contributed by atoms with Gasteiger partial charge in [-0.3, -0.25) is 14.6 Å². The SMILES string of the molecule is Cc1cnccc1CC(=O)N1CCC[C@@H](C(=O)c2ccc(F)cc2)C1. The summed E-state index contributed by atoms with van der Waals surface area (Å²) in [7, 11) is 0. The minimum atomic E-state index is -0.357. The van der Waals surface area contributed by atoms with Crippen molar-refractivity contribution in [3.63, 3.8) is 0 Å². The van der Waals surface area contributed by atoms with Crippen molar-refractivity contribution in [1.29, 1.82) is 0 Å². The molecule has 0 spiro atoms. The van der Waals surface area contributed by atoms with Gasteiger partial charge in [-0.25, -0.2) is 4.39 Å². The number of aryl methyl sites for hydroxylation is 1. The highest BCUT2D eigenvalue weighted by Gasteiger charge is 2.29. The molecule has 1 fully saturated rings. The Morgan fingerprint density at radius 2 is 2.00 bits per heavy atom. The predicted octanol–water partition coefficient (Wildman–Crippen LogP) is 3.19. The molecule has 0 unspecified atom stereocenters. The lowest BCUT2D eigenvalue weighted by Crippen LogP contribution is -2.43. The molecule has 1 saturated heterocycles. The van der Waals surface area contributed by atoms with E-state index in [4.69, 9.17) is 0 Å². The Morgan fingerprint density at radius 3 is 2.72 bits per heavy atom. The minimum absolute atomic E-state index is 0.0161. The van der Waals surface area contributed by atoms with Crippen LogP contribution in [0.3, 0.4) is 0 Å². The molecule has 0 radical (unpaired) electrons. The van der Waals surface area contributed by atoms with Crippen molar-refractivity contribution < 1.29 is 14.0 Å². The summed E-state index contributed by atoms with van der Waals surface area (Å²) in [4.78, 5) is 31.1. The monoisotopic (exact) mass is 340 g/mol. The van der Waals surface area contributed by atoms with E-state index in [9.17, 15) is 14.0 Å². The molecule has 1 aromatic heterocycles. The predicted molar refractivity (Wildman–Crippen MR) is 92.7 cm³/mol. The van der Waals surface area contributed by atoms with Gasteiger partial charge in [0.25, 0.3) is 0 Å². The molecule has 1 aliphatic rings. The number of pyridine rings is 1. The Labute approximate surface area is 146 Å². The minimum Gasteiger partial charge on any atom is -0.342 e. The van der Waals surface area contributed by atoms with Gasteiger partial charge in [0.05, 0.1) is 6.42 Å². The molecule has 1 amide bonds. The highest BCUT2D eigenvalue weighted by molar-refractivity contribution is 5.98. The molecule has 25 heavy (non-hydrogen) atoms. The summed E-state index contributed by atoms with van der Waals surface area (Å²) in [6.07, 6.45) is 5.32. The van der Waals surface area contributed by atoms with E-state index in [0.717, 1.165) is 24.0 Å². The quantitative estimate of drug-likeness (QED) is 0.803. The number of hydrogen-bond acceptors (Lipinski definition) is 3. The highest BCUT2D eigenvalue weighted by Crippen LogP contribution is 2.22. The first-order valence-electron chi connectivity index (χ1n) is 8.51. The van der Waals surface area contributed by atoms with Crippen LogP contribution in [0.5, 0.6) is 0 Å². The van der Waals surface area contributed by atoms with Crippen LogP contribution in [0.1, 0.15) is 34.3 Å². The number of carbonyl (C=O) groups excluding carboxylic acids is 2. The van der Waals surface area contributed by atoms with Gasteiger partial charge in [0, 0.05) is 37.0 Å². The maximum atomic E-state index is 13.0. The summed E-state index contributed by atoms with van der Waals surface area (Å²) in [5, 5.41) is 0. The zero-order valence-electron chi connectivity index (χ0n) is 14.2. The Bertz CT molecular complexity index is 774. The molecule has 2 aromatic rings. The first-order valence-corrected chi connectivity index (χ1v) is 8.51. The van der Waals surface area contributed by atoms with Gasteiger partial charge in [0.1, 0.15) is 5.82 Å². The highest BCUT2D eigenvalue weighted by atomic mass is 19.1. The number of likely N-dealkylation sites (tertiary alicyclic amines) is 1. The number of nitrogens with zero attached hydrogens (tertiary/aromatic N) is 2. The molecule has 4 nitrogen and oxygen atoms in total. The first kappa shape index (κ1) is 17.3. The van der Waals surface area contributed by atoms with E-state index in [2.05, 4.69) is 4.98 Å². The number of Topliss-reactive ketones (excluding diaryl/α,β-unsaturated/α-hetero) is 1. The maximum absolute atomic E-state index is 13.0. The molecular weight excluding hydrogens is 319 g/mol. The summed E-state index contributed by atoms with van der Waals surface area (Å²) >= 11 is 0. The molecule has 0 N–H and O–H groups in total. The van der Waals surface area contributed by atoms with E-state index >= 15 is 0 Å². The van der Waals surface area contributed by atoms with E-state index in [1.807, 2.05) is 13.0 Å². The number of hydrogen-bond donors (Lipinski definition) is 0. The van der Waals surface area contributed by atoms with Crippen molar-refractivity contribution in [2.24, 2.45) is 5.92 Å². The second-order valence-electron chi connectivity index (χ2n) is 6.53. The molecule has 0 aliphatic carbocycles. The van der Waals surface area contributed by atoms with Crippen LogP contribution >= 0.6 is 0 Å². The standard InChI is InChI=1S/C20H21FN2O2/c1-14-12-22-9-8-16(14)11-19(24)23-10-2-3-17(13-23)20(25)15-4-6-18(21)7-5-15/h4-9,12,17H,2-3,10-11,13H2,1H3/t17-/m1/s1. The van der Waals surface area contributed by atoms with E-state index in [-0.39, 0.29) is 23.4 Å². The van der Waals surface area contributed by atoms with Gasteiger partial charge >= 0.3 is 0 Å². The van der Waals surface area contributed by atoms with Crippen molar-refractivity contribution in [2.45, 2.75) is 26.2 Å². The third-order valence-electron chi connectivity index (χ3n) is 4.75. The van der Waals surface area contributed by atoms with Crippen LogP contribution in [0.2, 0.25) is 0 Å². The molecule has 0 saturated carbocycles. The lowest BCUT2D eigenvalue weighted by molar-refractivity contribution is -0.131. The summed E-state index contributed by atoms with van der Waals surface area (Å²) in [5.41, 5.74) is 2.46. The Morgan fingerprint density at radius 1 is 1.24 bits per heavy atom. The fourth-order valence-corrected chi connectivity index (χ4v) is 3.24. The van der Waals surface area contributed by atoms with Gasteiger partial charge in [-0.05, 0) is 61.2 Å². The number of carbonyl (C=O) groups is 2. The number of piperidine rings is 1. The third kappa shape index (κ3) is 4.10. The zero-order valence-corrected chi connectivity index (χ0v) is 14.2. The van der Waals surface area contributed by atoms with E-state index in [0.29, 0.717) is 25.1 Å². The Balaban J connectivity index is 1.66. The second-order valence-corrected chi connectivity index (χ2v) is 6.53. The normalized spacial score (nSPS) is 17.4. The number of aromatic nitrogens is 1. The molecule has 1 aromatic carbocycles. The lowest BCUT2D eigenvalue weighted by Gasteiger charge is -2.32. The van der Waals surface area contributed by atoms with Gasteiger partial charge in [0.15, 0.2) is 5.78 Å². The number of amides is 1. The molecule has 5 heteroatoms. The fourth-order valence-electron chi connectivity index (χ4n) is 3.24. The summed E-state index contributed by atoms with van der Waals surface area (Å²) in [5.74, 6) is -0.560. The fraction of sp³-hybridized carbons (Fsp3) is 0.350. The average Bonchev–Trinajstić information content (AvgIpc) is 2.64. The zero-order chi connectivity index (χ0) is 17.8. The van der Waals surface area contributed by atoms with E-state index in [1.165, 1.54) is 24.3 Å². The molecule has 0 bridgehead atoms. The van der Waals surface area contributed by atoms with Crippen molar-refractivity contribution in [2.75, 3.05) is 13.1 Å². The molecule has 3 rings (SSSR count). The molecular formula is C20H21FN2O2. The van der Waals surface area contributed by atoms with Gasteiger partial charge in [-0.2, -0.15) is 0 Å². The van der Waals surface area contributed by atoms with Crippen molar-refractivity contribution >= 4 is 11.7 Å². The van der Waals surface area contributed by atoms with Crippen LogP contribution in [0.15, 0.2) is 42.7 Å². The topological polar surface area (TPSA) is 50.3 Å². The van der Waals surface area contributed by atoms with Crippen LogP contribution in [0.4, 0.5) is 4.39 Å². The van der Waals surface area contributed by atoms with Crippen LogP contribution in [0.25, 0.3) is 0 Å². The lowest BCUT2D eigenvalue weighted by atomic mass is 9.89. The number of benzene rings is 1. The van der Waals surface area contributed by atoms with Crippen LogP contribution in [0, 0.1) is 18.7 Å². The number of halogens is 1. The average molecular weight is 340 g/mol. The molecule has 130 valence electrons. The van der Waals surface area contributed by atoms with E-state index in [1.54, 1.807) is 17.3 Å². The van der Waals surface area contributed by atoms with Crippen LogP contribution in [-0.4, -0.2) is 34.7 Å². The Kier molecular flexibility index (Phi) is 5.22. The van der Waals surface area contributed by atoms with Crippen molar-refractivity contribution in [3.05, 3.63) is 65.2 Å². The summed E-state index contributed by atoms with van der Waals surface area (Å²) in [6.45, 7) is 3.04. The molecule has 2 heterocycles. The van der Waals surface area contributed by atoms with Gasteiger partial charge in [0.2, 0.25) is 5.91 Å². The maximum Gasteiger partial charge on any atom is 0.227 e. The first-order chi connectivity index (χ1) is 12.0. The van der Waals surface area contributed by atoms with Crippen molar-refractivity contribution in [3.8, 4) is 0 Å². The van der Waals surface area contributed by atoms with Gasteiger partial charge in [-0.15, -0.1) is 0 Å². The second kappa shape index (κ2) is 7.55. The van der Waals surface area contributed by atoms with Crippen LogP contribution < -0.4 is 0 Å². The summed E-state index contributed by atoms with van der Waals surface area (Å²) in [6, 6.07) is 7.48. The number of rotatable bonds is 4. The third-order valence-corrected chi connectivity index (χ3v) is 4.75. The molecule has 1 aliphatic heterocycles.